The number of benzene rings is 1. The molecule has 0 amide bonds. The van der Waals surface area contributed by atoms with Crippen molar-refractivity contribution in [2.75, 3.05) is 19.5 Å². The van der Waals surface area contributed by atoms with Crippen molar-refractivity contribution in [2.45, 2.75) is 0 Å². The zero-order valence-electron chi connectivity index (χ0n) is 6.59. The van der Waals surface area contributed by atoms with Crippen LogP contribution in [0.3, 0.4) is 0 Å². The maximum absolute atomic E-state index is 9.26. The minimum absolute atomic E-state index is 0.152. The SMILES string of the molecule is CNc1cccc(O)c1OC. The number of hydrogen-bond acceptors (Lipinski definition) is 3. The van der Waals surface area contributed by atoms with Gasteiger partial charge >= 0.3 is 0 Å². The molecule has 0 aliphatic heterocycles. The molecule has 0 unspecified atom stereocenters. The summed E-state index contributed by atoms with van der Waals surface area (Å²) in [5.74, 6) is 0.634. The molecule has 0 aliphatic rings. The molecule has 0 saturated carbocycles. The minimum Gasteiger partial charge on any atom is -0.504 e. The summed E-state index contributed by atoms with van der Waals surface area (Å²) in [5.41, 5.74) is 0.785. The summed E-state index contributed by atoms with van der Waals surface area (Å²) in [6, 6.07) is 5.17. The summed E-state index contributed by atoms with van der Waals surface area (Å²) in [4.78, 5) is 0. The van der Waals surface area contributed by atoms with Gasteiger partial charge in [0, 0.05) is 7.05 Å². The van der Waals surface area contributed by atoms with E-state index in [1.807, 2.05) is 6.07 Å². The molecule has 3 nitrogen and oxygen atoms in total. The average molecular weight is 153 g/mol. The molecule has 1 rings (SSSR count). The largest absolute Gasteiger partial charge is 0.504 e. The molecule has 0 radical (unpaired) electrons. The van der Waals surface area contributed by atoms with Gasteiger partial charge in [-0.2, -0.15) is 0 Å². The van der Waals surface area contributed by atoms with E-state index in [1.165, 1.54) is 7.11 Å². The van der Waals surface area contributed by atoms with Gasteiger partial charge in [0.1, 0.15) is 0 Å². The summed E-state index contributed by atoms with van der Waals surface area (Å²) in [7, 11) is 3.30. The van der Waals surface area contributed by atoms with E-state index in [1.54, 1.807) is 19.2 Å². The van der Waals surface area contributed by atoms with E-state index in [4.69, 9.17) is 4.74 Å². The third-order valence-corrected chi connectivity index (χ3v) is 1.47. The highest BCUT2D eigenvalue weighted by atomic mass is 16.5. The number of hydrogen-bond donors (Lipinski definition) is 2. The fourth-order valence-electron chi connectivity index (χ4n) is 0.936. The molecule has 60 valence electrons. The topological polar surface area (TPSA) is 41.5 Å². The second-order valence-corrected chi connectivity index (χ2v) is 2.11. The molecule has 0 fully saturated rings. The molecule has 3 heteroatoms. The van der Waals surface area contributed by atoms with Crippen molar-refractivity contribution in [2.24, 2.45) is 0 Å². The molecule has 1 aromatic rings. The van der Waals surface area contributed by atoms with Crippen LogP contribution in [0.1, 0.15) is 0 Å². The summed E-state index contributed by atoms with van der Waals surface area (Å²) in [5, 5.41) is 12.2. The number of ether oxygens (including phenoxy) is 1. The van der Waals surface area contributed by atoms with Crippen LogP contribution in [-0.4, -0.2) is 19.3 Å². The van der Waals surface area contributed by atoms with E-state index in [9.17, 15) is 5.11 Å². The zero-order valence-corrected chi connectivity index (χ0v) is 6.59. The Morgan fingerprint density at radius 2 is 2.18 bits per heavy atom. The Kier molecular flexibility index (Phi) is 2.21. The number of anilines is 1. The lowest BCUT2D eigenvalue weighted by atomic mass is 10.3. The molecule has 0 spiro atoms. The van der Waals surface area contributed by atoms with Crippen LogP contribution in [-0.2, 0) is 0 Å². The molecule has 1 aromatic carbocycles. The number of rotatable bonds is 2. The number of phenolic OH excluding ortho intramolecular Hbond substituents is 1. The molecule has 0 bridgehead atoms. The summed E-state index contributed by atoms with van der Waals surface area (Å²) < 4.78 is 4.95. The second kappa shape index (κ2) is 3.14. The molecule has 0 aliphatic carbocycles. The van der Waals surface area contributed by atoms with E-state index in [2.05, 4.69) is 5.32 Å². The van der Waals surface area contributed by atoms with Crippen molar-refractivity contribution < 1.29 is 9.84 Å². The molecule has 0 saturated heterocycles. The van der Waals surface area contributed by atoms with Crippen molar-refractivity contribution in [1.29, 1.82) is 0 Å². The number of methoxy groups -OCH3 is 1. The van der Waals surface area contributed by atoms with Crippen LogP contribution in [0.5, 0.6) is 11.5 Å². The molecule has 0 aromatic heterocycles. The van der Waals surface area contributed by atoms with Gasteiger partial charge in [0.2, 0.25) is 0 Å². The van der Waals surface area contributed by atoms with Gasteiger partial charge in [-0.25, -0.2) is 0 Å². The van der Waals surface area contributed by atoms with Gasteiger partial charge in [-0.15, -0.1) is 0 Å². The Hall–Kier alpha value is -1.38. The van der Waals surface area contributed by atoms with E-state index in [-0.39, 0.29) is 5.75 Å². The zero-order chi connectivity index (χ0) is 8.27. The van der Waals surface area contributed by atoms with E-state index in [0.29, 0.717) is 5.75 Å². The number of phenols is 1. The molecule has 11 heavy (non-hydrogen) atoms. The highest BCUT2D eigenvalue weighted by molar-refractivity contribution is 5.62. The Balaban J connectivity index is 3.13. The van der Waals surface area contributed by atoms with Crippen LogP contribution in [0, 0.1) is 0 Å². The predicted molar refractivity (Wildman–Crippen MR) is 44.2 cm³/mol. The van der Waals surface area contributed by atoms with Crippen molar-refractivity contribution in [3.05, 3.63) is 18.2 Å². The van der Waals surface area contributed by atoms with Crippen LogP contribution < -0.4 is 10.1 Å². The number of aromatic hydroxyl groups is 1. The van der Waals surface area contributed by atoms with Crippen molar-refractivity contribution in [3.63, 3.8) is 0 Å². The van der Waals surface area contributed by atoms with Gasteiger partial charge in [0.25, 0.3) is 0 Å². The minimum atomic E-state index is 0.152. The van der Waals surface area contributed by atoms with E-state index < -0.39 is 0 Å². The lowest BCUT2D eigenvalue weighted by Crippen LogP contribution is -1.92. The first-order valence-electron chi connectivity index (χ1n) is 3.33. The standard InChI is InChI=1S/C8H11NO2/c1-9-6-4-3-5-7(10)8(6)11-2/h3-5,9-10H,1-2H3. The van der Waals surface area contributed by atoms with Crippen LogP contribution in [0.15, 0.2) is 18.2 Å². The summed E-state index contributed by atoms with van der Waals surface area (Å²) in [6.07, 6.45) is 0. The first-order valence-corrected chi connectivity index (χ1v) is 3.33. The monoisotopic (exact) mass is 153 g/mol. The second-order valence-electron chi connectivity index (χ2n) is 2.11. The van der Waals surface area contributed by atoms with Crippen LogP contribution >= 0.6 is 0 Å². The Morgan fingerprint density at radius 3 is 2.64 bits per heavy atom. The maximum Gasteiger partial charge on any atom is 0.183 e. The van der Waals surface area contributed by atoms with Crippen LogP contribution in [0.25, 0.3) is 0 Å². The Morgan fingerprint density at radius 1 is 1.45 bits per heavy atom. The molecule has 0 atom stereocenters. The lowest BCUT2D eigenvalue weighted by Gasteiger charge is -2.08. The number of nitrogens with one attached hydrogen (secondary N) is 1. The fourth-order valence-corrected chi connectivity index (χ4v) is 0.936. The lowest BCUT2D eigenvalue weighted by molar-refractivity contribution is 0.375. The Labute approximate surface area is 65.6 Å². The van der Waals surface area contributed by atoms with Gasteiger partial charge in [-0.05, 0) is 12.1 Å². The third kappa shape index (κ3) is 1.37. The molecule has 0 heterocycles. The van der Waals surface area contributed by atoms with Crippen LogP contribution in [0.2, 0.25) is 0 Å². The normalized spacial score (nSPS) is 9.27. The van der Waals surface area contributed by atoms with Gasteiger partial charge < -0.3 is 15.2 Å². The highest BCUT2D eigenvalue weighted by Gasteiger charge is 2.04. The smallest absolute Gasteiger partial charge is 0.183 e. The van der Waals surface area contributed by atoms with Gasteiger partial charge in [0.05, 0.1) is 12.8 Å². The quantitative estimate of drug-likeness (QED) is 0.675. The Bertz CT molecular complexity index is 248. The average Bonchev–Trinajstić information content (AvgIpc) is 2.04. The summed E-state index contributed by atoms with van der Waals surface area (Å²) >= 11 is 0. The fraction of sp³-hybridized carbons (Fsp3) is 0.250. The van der Waals surface area contributed by atoms with Gasteiger partial charge in [-0.1, -0.05) is 6.07 Å². The van der Waals surface area contributed by atoms with Gasteiger partial charge in [-0.3, -0.25) is 0 Å². The van der Waals surface area contributed by atoms with E-state index >= 15 is 0 Å². The predicted octanol–water partition coefficient (Wildman–Crippen LogP) is 1.44. The third-order valence-electron chi connectivity index (χ3n) is 1.47. The first kappa shape index (κ1) is 7.72. The first-order chi connectivity index (χ1) is 5.29. The summed E-state index contributed by atoms with van der Waals surface area (Å²) in [6.45, 7) is 0. The van der Waals surface area contributed by atoms with E-state index in [0.717, 1.165) is 5.69 Å². The maximum atomic E-state index is 9.26. The van der Waals surface area contributed by atoms with Crippen molar-refractivity contribution >= 4 is 5.69 Å². The molecular weight excluding hydrogens is 142 g/mol. The molecule has 2 N–H and O–H groups in total. The highest BCUT2D eigenvalue weighted by Crippen LogP contribution is 2.32. The van der Waals surface area contributed by atoms with Crippen LogP contribution in [0.4, 0.5) is 5.69 Å². The van der Waals surface area contributed by atoms with Crippen molar-refractivity contribution in [1.82, 2.24) is 0 Å². The number of para-hydroxylation sites is 1. The van der Waals surface area contributed by atoms with Gasteiger partial charge in [0.15, 0.2) is 11.5 Å². The molecular formula is C8H11NO2. The van der Waals surface area contributed by atoms with Crippen molar-refractivity contribution in [3.8, 4) is 11.5 Å².